The maximum absolute atomic E-state index is 14.6. The van der Waals surface area contributed by atoms with Crippen LogP contribution >= 0.6 is 46.4 Å². The van der Waals surface area contributed by atoms with Gasteiger partial charge in [0.25, 0.3) is 10.0 Å². The number of benzene rings is 4. The third-order valence-electron chi connectivity index (χ3n) is 7.54. The largest absolute Gasteiger partial charge is 0.354 e. The summed E-state index contributed by atoms with van der Waals surface area (Å²) in [4.78, 5) is 29.8. The van der Waals surface area contributed by atoms with Crippen molar-refractivity contribution in [2.24, 2.45) is 0 Å². The number of hydrogen-bond acceptors (Lipinski definition) is 4. The van der Waals surface area contributed by atoms with E-state index in [1.165, 1.54) is 35.2 Å². The van der Waals surface area contributed by atoms with Crippen LogP contribution in [-0.2, 0) is 32.6 Å². The second-order valence-electron chi connectivity index (χ2n) is 11.0. The van der Waals surface area contributed by atoms with Crippen LogP contribution < -0.4 is 9.62 Å². The molecule has 2 amide bonds. The average Bonchev–Trinajstić information content (AvgIpc) is 3.04. The molecule has 12 heteroatoms. The summed E-state index contributed by atoms with van der Waals surface area (Å²) in [6.07, 6.45) is 1.79. The van der Waals surface area contributed by atoms with Crippen molar-refractivity contribution in [3.8, 4) is 0 Å². The molecule has 0 spiro atoms. The maximum atomic E-state index is 14.6. The number of unbranched alkanes of at least 4 members (excludes halogenated alkanes) is 1. The number of amides is 2. The topological polar surface area (TPSA) is 86.8 Å². The van der Waals surface area contributed by atoms with Crippen LogP contribution in [0, 0.1) is 6.92 Å². The summed E-state index contributed by atoms with van der Waals surface area (Å²) in [5.41, 5.74) is 2.35. The predicted molar refractivity (Wildman–Crippen MR) is 191 cm³/mol. The van der Waals surface area contributed by atoms with Gasteiger partial charge < -0.3 is 10.2 Å². The predicted octanol–water partition coefficient (Wildman–Crippen LogP) is 8.36. The van der Waals surface area contributed by atoms with Crippen LogP contribution in [0.2, 0.25) is 20.1 Å². The van der Waals surface area contributed by atoms with Gasteiger partial charge in [0.1, 0.15) is 12.6 Å². The van der Waals surface area contributed by atoms with E-state index < -0.39 is 28.5 Å². The Labute approximate surface area is 296 Å². The zero-order valence-corrected chi connectivity index (χ0v) is 29.8. The number of nitrogens with one attached hydrogen (secondary N) is 1. The Morgan fingerprint density at radius 3 is 2.17 bits per heavy atom. The molecule has 1 N–H and O–H groups in total. The Bertz CT molecular complexity index is 1810. The molecule has 0 radical (unpaired) electrons. The summed E-state index contributed by atoms with van der Waals surface area (Å²) in [5, 5.41) is 4.00. The number of sulfonamides is 1. The van der Waals surface area contributed by atoms with Crippen molar-refractivity contribution in [3.05, 3.63) is 128 Å². The third-order valence-corrected chi connectivity index (χ3v) is 10.6. The van der Waals surface area contributed by atoms with Crippen molar-refractivity contribution in [1.82, 2.24) is 10.2 Å². The van der Waals surface area contributed by atoms with Crippen LogP contribution in [-0.4, -0.2) is 44.3 Å². The highest BCUT2D eigenvalue weighted by Gasteiger charge is 2.35. The van der Waals surface area contributed by atoms with E-state index in [0.717, 1.165) is 28.3 Å². The van der Waals surface area contributed by atoms with Gasteiger partial charge in [-0.25, -0.2) is 8.42 Å². The fraction of sp³-hybridized carbons (Fsp3) is 0.257. The molecule has 0 saturated heterocycles. The molecule has 0 fully saturated rings. The lowest BCUT2D eigenvalue weighted by atomic mass is 10.0. The highest BCUT2D eigenvalue weighted by atomic mass is 35.5. The van der Waals surface area contributed by atoms with Crippen molar-refractivity contribution in [2.75, 3.05) is 17.4 Å². The summed E-state index contributed by atoms with van der Waals surface area (Å²) in [7, 11) is -4.30. The van der Waals surface area contributed by atoms with Crippen LogP contribution in [0.4, 0.5) is 5.69 Å². The number of rotatable bonds is 14. The molecular formula is C35H35Cl4N3O4S. The zero-order chi connectivity index (χ0) is 34.1. The van der Waals surface area contributed by atoms with Crippen molar-refractivity contribution in [2.45, 2.75) is 50.6 Å². The molecule has 47 heavy (non-hydrogen) atoms. The van der Waals surface area contributed by atoms with E-state index in [1.54, 1.807) is 30.3 Å². The van der Waals surface area contributed by atoms with Gasteiger partial charge in [-0.05, 0) is 66.9 Å². The molecule has 0 saturated carbocycles. The van der Waals surface area contributed by atoms with Gasteiger partial charge in [0, 0.05) is 29.6 Å². The number of anilines is 1. The molecule has 4 aromatic rings. The molecule has 1 unspecified atom stereocenters. The molecule has 7 nitrogen and oxygen atoms in total. The molecule has 0 aromatic heterocycles. The minimum absolute atomic E-state index is 0.0209. The van der Waals surface area contributed by atoms with E-state index in [-0.39, 0.29) is 39.5 Å². The first-order chi connectivity index (χ1) is 22.4. The van der Waals surface area contributed by atoms with Gasteiger partial charge in [-0.15, -0.1) is 0 Å². The smallest absolute Gasteiger partial charge is 0.264 e. The summed E-state index contributed by atoms with van der Waals surface area (Å²) in [6, 6.07) is 23.8. The normalized spacial score (nSPS) is 12.0. The summed E-state index contributed by atoms with van der Waals surface area (Å²) in [6.45, 7) is 3.54. The molecule has 4 rings (SSSR count). The fourth-order valence-electron chi connectivity index (χ4n) is 4.90. The van der Waals surface area contributed by atoms with Crippen molar-refractivity contribution >= 4 is 73.9 Å². The quantitative estimate of drug-likeness (QED) is 0.132. The fourth-order valence-corrected chi connectivity index (χ4v) is 7.07. The standard InChI is InChI=1S/C35H35Cl4N3O4S/c1-3-4-18-40-35(44)33(19-25-8-6-5-7-9-25)41(22-26-12-13-27(36)20-31(26)38)34(43)23-42(28-14-17-30(37)32(39)21-28)47(45,46)29-15-10-24(2)11-16-29/h5-17,20-21,33H,3-4,18-19,22-23H2,1-2H3,(H,40,44). The van der Waals surface area contributed by atoms with Gasteiger partial charge in [-0.2, -0.15) is 0 Å². The van der Waals surface area contributed by atoms with Gasteiger partial charge in [0.05, 0.1) is 20.6 Å². The Morgan fingerprint density at radius 1 is 0.830 bits per heavy atom. The number of halogens is 4. The summed E-state index contributed by atoms with van der Waals surface area (Å²) >= 11 is 25.2. The van der Waals surface area contributed by atoms with Crippen LogP contribution in [0.5, 0.6) is 0 Å². The van der Waals surface area contributed by atoms with E-state index in [0.29, 0.717) is 22.2 Å². The average molecular weight is 736 g/mol. The van der Waals surface area contributed by atoms with Crippen LogP contribution in [0.3, 0.4) is 0 Å². The second-order valence-corrected chi connectivity index (χ2v) is 14.6. The summed E-state index contributed by atoms with van der Waals surface area (Å²) < 4.78 is 29.3. The van der Waals surface area contributed by atoms with Crippen LogP contribution in [0.1, 0.15) is 36.5 Å². The van der Waals surface area contributed by atoms with Crippen molar-refractivity contribution in [1.29, 1.82) is 0 Å². The molecule has 0 aliphatic carbocycles. The van der Waals surface area contributed by atoms with Gasteiger partial charge in [-0.3, -0.25) is 13.9 Å². The molecule has 248 valence electrons. The first-order valence-electron chi connectivity index (χ1n) is 15.0. The number of nitrogens with zero attached hydrogens (tertiary/aromatic N) is 2. The minimum Gasteiger partial charge on any atom is -0.354 e. The van der Waals surface area contributed by atoms with Gasteiger partial charge in [0.2, 0.25) is 11.8 Å². The van der Waals surface area contributed by atoms with Crippen molar-refractivity contribution in [3.63, 3.8) is 0 Å². The molecule has 4 aromatic carbocycles. The molecule has 0 bridgehead atoms. The highest BCUT2D eigenvalue weighted by Crippen LogP contribution is 2.31. The first kappa shape index (κ1) is 36.6. The van der Waals surface area contributed by atoms with E-state index in [2.05, 4.69) is 5.32 Å². The molecular weight excluding hydrogens is 700 g/mol. The number of hydrogen-bond donors (Lipinski definition) is 1. The van der Waals surface area contributed by atoms with Gasteiger partial charge in [0.15, 0.2) is 0 Å². The zero-order valence-electron chi connectivity index (χ0n) is 25.9. The van der Waals surface area contributed by atoms with E-state index in [9.17, 15) is 18.0 Å². The number of carbonyl (C=O) groups is 2. The van der Waals surface area contributed by atoms with Crippen molar-refractivity contribution < 1.29 is 18.0 Å². The van der Waals surface area contributed by atoms with E-state index in [1.807, 2.05) is 44.2 Å². The third kappa shape index (κ3) is 9.64. The molecule has 0 aliphatic rings. The maximum Gasteiger partial charge on any atom is 0.264 e. The highest BCUT2D eigenvalue weighted by molar-refractivity contribution is 7.92. The first-order valence-corrected chi connectivity index (χ1v) is 18.0. The van der Waals surface area contributed by atoms with Gasteiger partial charge in [-0.1, -0.05) is 114 Å². The molecule has 0 heterocycles. The Balaban J connectivity index is 1.83. The lowest BCUT2D eigenvalue weighted by molar-refractivity contribution is -0.140. The lowest BCUT2D eigenvalue weighted by Gasteiger charge is -2.34. The summed E-state index contributed by atoms with van der Waals surface area (Å²) in [5.74, 6) is -1.01. The molecule has 1 atom stereocenters. The van der Waals surface area contributed by atoms with Crippen LogP contribution in [0.15, 0.2) is 95.9 Å². The lowest BCUT2D eigenvalue weighted by Crippen LogP contribution is -2.53. The van der Waals surface area contributed by atoms with E-state index >= 15 is 0 Å². The monoisotopic (exact) mass is 733 g/mol. The molecule has 0 aliphatic heterocycles. The Hall–Kier alpha value is -3.27. The second kappa shape index (κ2) is 16.7. The van der Waals surface area contributed by atoms with Crippen LogP contribution in [0.25, 0.3) is 0 Å². The number of aryl methyl sites for hydroxylation is 1. The Morgan fingerprint density at radius 2 is 1.53 bits per heavy atom. The Kier molecular flexibility index (Phi) is 13.0. The SMILES string of the molecule is CCCCNC(=O)C(Cc1ccccc1)N(Cc1ccc(Cl)cc1Cl)C(=O)CN(c1ccc(Cl)c(Cl)c1)S(=O)(=O)c1ccc(C)cc1. The minimum atomic E-state index is -4.30. The number of carbonyl (C=O) groups excluding carboxylic acids is 2. The van der Waals surface area contributed by atoms with Gasteiger partial charge >= 0.3 is 0 Å². The van der Waals surface area contributed by atoms with E-state index in [4.69, 9.17) is 46.4 Å².